The third-order valence-electron chi connectivity index (χ3n) is 3.50. The lowest BCUT2D eigenvalue weighted by molar-refractivity contribution is -0.120. The van der Waals surface area contributed by atoms with Gasteiger partial charge in [0, 0.05) is 18.7 Å². The van der Waals surface area contributed by atoms with E-state index in [9.17, 15) is 9.59 Å². The van der Waals surface area contributed by atoms with Crippen LogP contribution in [-0.4, -0.2) is 18.9 Å². The fraction of sp³-hybridized carbons (Fsp3) is 0.375. The first-order valence-electron chi connectivity index (χ1n) is 6.94. The van der Waals surface area contributed by atoms with E-state index >= 15 is 0 Å². The van der Waals surface area contributed by atoms with Crippen LogP contribution in [0.5, 0.6) is 0 Å². The van der Waals surface area contributed by atoms with Crippen LogP contribution in [0.1, 0.15) is 24.8 Å². The monoisotopic (exact) mass is 272 g/mol. The Balaban J connectivity index is 1.91. The fourth-order valence-corrected chi connectivity index (χ4v) is 2.26. The van der Waals surface area contributed by atoms with E-state index in [4.69, 9.17) is 0 Å². The minimum atomic E-state index is -0.0178. The summed E-state index contributed by atoms with van der Waals surface area (Å²) in [6, 6.07) is 7.42. The van der Waals surface area contributed by atoms with Crippen molar-refractivity contribution in [1.29, 1.82) is 0 Å². The van der Waals surface area contributed by atoms with E-state index < -0.39 is 0 Å². The normalized spacial score (nSPS) is 17.6. The Morgan fingerprint density at radius 1 is 1.20 bits per heavy atom. The second-order valence-corrected chi connectivity index (χ2v) is 5.02. The van der Waals surface area contributed by atoms with Crippen LogP contribution < -0.4 is 10.6 Å². The fourth-order valence-electron chi connectivity index (χ4n) is 2.26. The number of carbonyl (C=O) groups is 2. The molecule has 106 valence electrons. The van der Waals surface area contributed by atoms with Crippen molar-refractivity contribution in [3.05, 3.63) is 42.0 Å². The summed E-state index contributed by atoms with van der Waals surface area (Å²) in [6.45, 7) is 0. The largest absolute Gasteiger partial charge is 0.359 e. The van der Waals surface area contributed by atoms with Crippen molar-refractivity contribution in [2.75, 3.05) is 12.4 Å². The van der Waals surface area contributed by atoms with Gasteiger partial charge in [0.25, 0.3) is 0 Å². The molecule has 1 aliphatic rings. The Kier molecular flexibility index (Phi) is 4.93. The number of rotatable bonds is 4. The summed E-state index contributed by atoms with van der Waals surface area (Å²) in [4.78, 5) is 23.3. The van der Waals surface area contributed by atoms with Crippen molar-refractivity contribution in [3.8, 4) is 0 Å². The molecule has 0 aromatic heterocycles. The molecule has 20 heavy (non-hydrogen) atoms. The van der Waals surface area contributed by atoms with Crippen LogP contribution >= 0.6 is 0 Å². The quantitative estimate of drug-likeness (QED) is 0.826. The average molecular weight is 272 g/mol. The maximum atomic E-state index is 12.1. The molecular formula is C16H20N2O2. The van der Waals surface area contributed by atoms with E-state index in [0.29, 0.717) is 6.42 Å². The van der Waals surface area contributed by atoms with E-state index in [1.807, 2.05) is 24.3 Å². The number of amides is 2. The summed E-state index contributed by atoms with van der Waals surface area (Å²) >= 11 is 0. The van der Waals surface area contributed by atoms with Crippen LogP contribution in [0.3, 0.4) is 0 Å². The molecule has 4 nitrogen and oxygen atoms in total. The van der Waals surface area contributed by atoms with Gasteiger partial charge in [-0.25, -0.2) is 0 Å². The molecule has 4 heteroatoms. The minimum absolute atomic E-state index is 0.0178. The van der Waals surface area contributed by atoms with Gasteiger partial charge >= 0.3 is 0 Å². The van der Waals surface area contributed by atoms with Gasteiger partial charge in [-0.3, -0.25) is 9.59 Å². The second kappa shape index (κ2) is 6.89. The molecule has 2 rings (SSSR count). The molecule has 1 unspecified atom stereocenters. The van der Waals surface area contributed by atoms with Crippen LogP contribution in [0, 0.1) is 5.92 Å². The molecule has 1 aliphatic carbocycles. The molecule has 2 amide bonds. The molecule has 0 bridgehead atoms. The molecule has 0 spiro atoms. The summed E-state index contributed by atoms with van der Waals surface area (Å²) in [5.41, 5.74) is 1.72. The Hall–Kier alpha value is -2.10. The van der Waals surface area contributed by atoms with Crippen LogP contribution in [-0.2, 0) is 16.0 Å². The highest BCUT2D eigenvalue weighted by molar-refractivity contribution is 5.92. The van der Waals surface area contributed by atoms with Crippen molar-refractivity contribution in [1.82, 2.24) is 5.32 Å². The highest BCUT2D eigenvalue weighted by Crippen LogP contribution is 2.20. The summed E-state index contributed by atoms with van der Waals surface area (Å²) < 4.78 is 0. The molecule has 1 aromatic carbocycles. The second-order valence-electron chi connectivity index (χ2n) is 5.02. The highest BCUT2D eigenvalue weighted by atomic mass is 16.2. The van der Waals surface area contributed by atoms with Crippen LogP contribution in [0.15, 0.2) is 36.4 Å². The summed E-state index contributed by atoms with van der Waals surface area (Å²) in [7, 11) is 1.62. The molecule has 2 N–H and O–H groups in total. The van der Waals surface area contributed by atoms with Crippen molar-refractivity contribution >= 4 is 17.5 Å². The van der Waals surface area contributed by atoms with Gasteiger partial charge in [0.1, 0.15) is 0 Å². The van der Waals surface area contributed by atoms with Crippen LogP contribution in [0.4, 0.5) is 5.69 Å². The molecule has 0 radical (unpaired) electrons. The van der Waals surface area contributed by atoms with E-state index in [-0.39, 0.29) is 17.7 Å². The SMILES string of the molecule is CNC(=O)Cc1ccc(NC(=O)C2CC=CCC2)cc1. The molecule has 0 heterocycles. The zero-order valence-electron chi connectivity index (χ0n) is 11.7. The third kappa shape index (κ3) is 3.95. The Morgan fingerprint density at radius 3 is 2.55 bits per heavy atom. The number of hydrogen-bond acceptors (Lipinski definition) is 2. The van der Waals surface area contributed by atoms with Crippen molar-refractivity contribution in [2.24, 2.45) is 5.92 Å². The van der Waals surface area contributed by atoms with Gasteiger partial charge in [0.05, 0.1) is 6.42 Å². The standard InChI is InChI=1S/C16H20N2O2/c1-17-15(19)11-12-7-9-14(10-8-12)18-16(20)13-5-3-2-4-6-13/h2-3,7-10,13H,4-6,11H2,1H3,(H,17,19)(H,18,20). The lowest BCUT2D eigenvalue weighted by Crippen LogP contribution is -2.23. The lowest BCUT2D eigenvalue weighted by atomic mass is 9.93. The van der Waals surface area contributed by atoms with Crippen molar-refractivity contribution in [2.45, 2.75) is 25.7 Å². The average Bonchev–Trinajstić information content (AvgIpc) is 2.50. The van der Waals surface area contributed by atoms with Crippen LogP contribution in [0.25, 0.3) is 0 Å². The molecule has 0 aliphatic heterocycles. The van der Waals surface area contributed by atoms with Gasteiger partial charge in [-0.1, -0.05) is 24.3 Å². The van der Waals surface area contributed by atoms with E-state index in [1.165, 1.54) is 0 Å². The first kappa shape index (κ1) is 14.3. The smallest absolute Gasteiger partial charge is 0.227 e. The summed E-state index contributed by atoms with van der Waals surface area (Å²) in [5.74, 6) is 0.134. The molecule has 1 atom stereocenters. The van der Waals surface area contributed by atoms with Gasteiger partial charge in [-0.05, 0) is 37.0 Å². The molecule has 0 fully saturated rings. The number of nitrogens with one attached hydrogen (secondary N) is 2. The molecular weight excluding hydrogens is 252 g/mol. The van der Waals surface area contributed by atoms with Gasteiger partial charge in [0.15, 0.2) is 0 Å². The number of hydrogen-bond donors (Lipinski definition) is 2. The van der Waals surface area contributed by atoms with E-state index in [0.717, 1.165) is 30.5 Å². The number of likely N-dealkylation sites (N-methyl/N-ethyl adjacent to an activating group) is 1. The minimum Gasteiger partial charge on any atom is -0.359 e. The maximum Gasteiger partial charge on any atom is 0.227 e. The van der Waals surface area contributed by atoms with Gasteiger partial charge in [-0.15, -0.1) is 0 Å². The van der Waals surface area contributed by atoms with E-state index in [2.05, 4.69) is 22.8 Å². The Labute approximate surface area is 119 Å². The Morgan fingerprint density at radius 2 is 1.95 bits per heavy atom. The number of carbonyl (C=O) groups excluding carboxylic acids is 2. The van der Waals surface area contributed by atoms with Crippen molar-refractivity contribution in [3.63, 3.8) is 0 Å². The Bertz CT molecular complexity index is 506. The van der Waals surface area contributed by atoms with Gasteiger partial charge in [-0.2, -0.15) is 0 Å². The molecule has 0 saturated carbocycles. The first-order valence-corrected chi connectivity index (χ1v) is 6.94. The predicted octanol–water partition coefficient (Wildman–Crippen LogP) is 2.27. The summed E-state index contributed by atoms with van der Waals surface area (Å²) in [6.07, 6.45) is 7.26. The molecule has 1 aromatic rings. The zero-order chi connectivity index (χ0) is 14.4. The highest BCUT2D eigenvalue weighted by Gasteiger charge is 2.18. The topological polar surface area (TPSA) is 58.2 Å². The maximum absolute atomic E-state index is 12.1. The summed E-state index contributed by atoms with van der Waals surface area (Å²) in [5, 5.41) is 5.52. The van der Waals surface area contributed by atoms with Gasteiger partial charge in [0.2, 0.25) is 11.8 Å². The lowest BCUT2D eigenvalue weighted by Gasteiger charge is -2.17. The van der Waals surface area contributed by atoms with Gasteiger partial charge < -0.3 is 10.6 Å². The number of anilines is 1. The first-order chi connectivity index (χ1) is 9.69. The third-order valence-corrected chi connectivity index (χ3v) is 3.50. The van der Waals surface area contributed by atoms with Crippen molar-refractivity contribution < 1.29 is 9.59 Å². The zero-order valence-corrected chi connectivity index (χ0v) is 11.7. The van der Waals surface area contributed by atoms with Crippen LogP contribution in [0.2, 0.25) is 0 Å². The molecule has 0 saturated heterocycles. The number of benzene rings is 1. The predicted molar refractivity (Wildman–Crippen MR) is 79.3 cm³/mol. The van der Waals surface area contributed by atoms with E-state index in [1.54, 1.807) is 7.05 Å². The number of allylic oxidation sites excluding steroid dienone is 2.